The molecule has 1 saturated heterocycles. The highest BCUT2D eigenvalue weighted by Gasteiger charge is 2.48. The molecule has 0 spiro atoms. The molecule has 2 aromatic heterocycles. The molecule has 1 aliphatic rings. The van der Waals surface area contributed by atoms with Crippen molar-refractivity contribution in [2.45, 2.75) is 24.6 Å². The first-order valence-electron chi connectivity index (χ1n) is 8.34. The van der Waals surface area contributed by atoms with Gasteiger partial charge >= 0.3 is 23.5 Å². The molecule has 3 rings (SSSR count). The Labute approximate surface area is 177 Å². The molecule has 32 heavy (non-hydrogen) atoms. The third kappa shape index (κ3) is 5.75. The van der Waals surface area contributed by atoms with Gasteiger partial charge in [-0.25, -0.2) is 33.0 Å². The quantitative estimate of drug-likeness (QED) is 0.233. The summed E-state index contributed by atoms with van der Waals surface area (Å²) in [5.41, 5.74) is 0.426. The fraction of sp³-hybridized carbons (Fsp3) is 0.545. The molecule has 0 aromatic carbocycles. The average molecular weight is 523 g/mol. The lowest BCUT2D eigenvalue weighted by Gasteiger charge is -2.19. The molecule has 0 saturated carbocycles. The summed E-state index contributed by atoms with van der Waals surface area (Å²) in [7, 11) is -15.2. The molecule has 3 heterocycles. The van der Waals surface area contributed by atoms with Gasteiger partial charge < -0.3 is 34.7 Å². The average Bonchev–Trinajstić information content (AvgIpc) is 3.19. The second-order valence-electron chi connectivity index (χ2n) is 6.18. The topological polar surface area (TPSA) is 245 Å². The fourth-order valence-electron chi connectivity index (χ4n) is 2.76. The van der Waals surface area contributed by atoms with Crippen LogP contribution < -0.4 is 5.32 Å². The molecule has 3 unspecified atom stereocenters. The largest absolute Gasteiger partial charge is 0.490 e. The third-order valence-electron chi connectivity index (χ3n) is 3.98. The number of nitrogens with one attached hydrogen (secondary N) is 1. The molecule has 0 aliphatic carbocycles. The van der Waals surface area contributed by atoms with Gasteiger partial charge in [0.1, 0.15) is 24.1 Å². The molecule has 0 bridgehead atoms. The van der Waals surface area contributed by atoms with E-state index in [0.29, 0.717) is 5.82 Å². The van der Waals surface area contributed by atoms with Crippen molar-refractivity contribution in [2.75, 3.05) is 19.0 Å². The predicted molar refractivity (Wildman–Crippen MR) is 99.5 cm³/mol. The number of phosphoric acid groups is 3. The van der Waals surface area contributed by atoms with Gasteiger partial charge in [-0.3, -0.25) is 9.09 Å². The zero-order chi connectivity index (χ0) is 23.9. The molecule has 21 heteroatoms. The van der Waals surface area contributed by atoms with Crippen LogP contribution in [0.4, 0.5) is 10.2 Å². The lowest BCUT2D eigenvalue weighted by atomic mass is 10.1. The minimum atomic E-state index is -5.72. The normalized spacial score (nSPS) is 27.8. The van der Waals surface area contributed by atoms with Crippen LogP contribution in [0.3, 0.4) is 0 Å². The summed E-state index contributed by atoms with van der Waals surface area (Å²) < 4.78 is 66.4. The van der Waals surface area contributed by atoms with Crippen LogP contribution in [0, 0.1) is 0 Å². The van der Waals surface area contributed by atoms with Gasteiger partial charge in [-0.1, -0.05) is 0 Å². The van der Waals surface area contributed by atoms with Gasteiger partial charge in [0.25, 0.3) is 0 Å². The number of imidazole rings is 1. The number of anilines is 1. The van der Waals surface area contributed by atoms with E-state index in [1.807, 2.05) is 0 Å². The van der Waals surface area contributed by atoms with E-state index in [1.165, 1.54) is 12.7 Å². The van der Waals surface area contributed by atoms with Crippen LogP contribution in [-0.4, -0.2) is 76.2 Å². The summed E-state index contributed by atoms with van der Waals surface area (Å²) in [5.74, 6) is 0.340. The molecular weight excluding hydrogens is 506 g/mol. The van der Waals surface area contributed by atoms with Crippen LogP contribution >= 0.6 is 23.5 Å². The molecule has 6 N–H and O–H groups in total. The maximum atomic E-state index is 14.7. The Morgan fingerprint density at radius 2 is 1.84 bits per heavy atom. The zero-order valence-corrected chi connectivity index (χ0v) is 18.5. The first-order chi connectivity index (χ1) is 14.7. The molecule has 17 nitrogen and oxygen atoms in total. The SMILES string of the molecule is CNc1ncnc2c1ncn2[C@@H]1O[C@H](COP(=O)(O)OP(=O)(O)OP(=O)(O)O)C(O)[C@@H]1F. The third-order valence-corrected chi connectivity index (χ3v) is 7.78. The van der Waals surface area contributed by atoms with Gasteiger partial charge in [0, 0.05) is 7.05 Å². The van der Waals surface area contributed by atoms with Crippen molar-refractivity contribution >= 4 is 40.4 Å². The number of rotatable bonds is 9. The highest BCUT2D eigenvalue weighted by Crippen LogP contribution is 2.66. The Balaban J connectivity index is 1.70. The number of hydrogen-bond acceptors (Lipinski definition) is 12. The number of aromatic nitrogens is 4. The molecular formula is C11H17FN5O12P3. The molecule has 0 radical (unpaired) electrons. The van der Waals surface area contributed by atoms with E-state index in [2.05, 4.69) is 33.4 Å². The van der Waals surface area contributed by atoms with Crippen LogP contribution in [0.2, 0.25) is 0 Å². The van der Waals surface area contributed by atoms with Crippen molar-refractivity contribution in [3.63, 3.8) is 0 Å². The number of fused-ring (bicyclic) bond motifs is 1. The van der Waals surface area contributed by atoms with Gasteiger partial charge in [0.2, 0.25) is 0 Å². The number of aliphatic hydroxyl groups is 1. The fourth-order valence-corrected chi connectivity index (χ4v) is 5.79. The standard InChI is InChI=1S/C11H17FN5O12P3/c1-13-9-7-10(15-3-14-9)17(4-16-7)11-6(12)8(18)5(27-11)2-26-31(22,23)29-32(24,25)28-30(19,20)21/h3-6,8,11,18H,2H2,1H3,(H,22,23)(H,24,25)(H,13,14,15)(H2,19,20,21)/t5-,6+,8?,11-/m1/s1. The van der Waals surface area contributed by atoms with Crippen molar-refractivity contribution in [3.8, 4) is 0 Å². The smallest absolute Gasteiger partial charge is 0.387 e. The van der Waals surface area contributed by atoms with E-state index in [1.54, 1.807) is 7.05 Å². The number of ether oxygens (including phenoxy) is 1. The highest BCUT2D eigenvalue weighted by atomic mass is 31.3. The van der Waals surface area contributed by atoms with E-state index in [-0.39, 0.29) is 11.2 Å². The minimum absolute atomic E-state index is 0.151. The number of phosphoric ester groups is 1. The van der Waals surface area contributed by atoms with Crippen LogP contribution in [0.5, 0.6) is 0 Å². The summed E-state index contributed by atoms with van der Waals surface area (Å²) in [6.45, 7) is -1.02. The lowest BCUT2D eigenvalue weighted by Crippen LogP contribution is -2.31. The molecule has 180 valence electrons. The predicted octanol–water partition coefficient (Wildman–Crippen LogP) is -0.192. The van der Waals surface area contributed by atoms with Crippen LogP contribution in [0.15, 0.2) is 12.7 Å². The number of nitrogens with zero attached hydrogens (tertiary/aromatic N) is 4. The Morgan fingerprint density at radius 3 is 2.47 bits per heavy atom. The summed E-state index contributed by atoms with van der Waals surface area (Å²) in [4.78, 5) is 47.6. The molecule has 1 fully saturated rings. The summed E-state index contributed by atoms with van der Waals surface area (Å²) in [5, 5.41) is 12.8. The number of hydrogen-bond donors (Lipinski definition) is 6. The van der Waals surface area contributed by atoms with Gasteiger partial charge in [-0.2, -0.15) is 8.62 Å². The minimum Gasteiger partial charge on any atom is -0.387 e. The van der Waals surface area contributed by atoms with Gasteiger partial charge in [-0.05, 0) is 0 Å². The Hall–Kier alpha value is -1.39. The number of halogens is 1. The number of alkyl halides is 1. The Kier molecular flexibility index (Phi) is 7.18. The molecule has 0 amide bonds. The van der Waals surface area contributed by atoms with Crippen molar-refractivity contribution in [1.29, 1.82) is 0 Å². The molecule has 2 aromatic rings. The van der Waals surface area contributed by atoms with E-state index in [9.17, 15) is 28.1 Å². The summed E-state index contributed by atoms with van der Waals surface area (Å²) in [6.07, 6.45) is -4.65. The van der Waals surface area contributed by atoms with Gasteiger partial charge in [0.05, 0.1) is 12.9 Å². The maximum absolute atomic E-state index is 14.7. The van der Waals surface area contributed by atoms with Crippen molar-refractivity contribution in [3.05, 3.63) is 12.7 Å². The Morgan fingerprint density at radius 1 is 1.16 bits per heavy atom. The van der Waals surface area contributed by atoms with E-state index in [0.717, 1.165) is 4.57 Å². The first-order valence-corrected chi connectivity index (χ1v) is 12.9. The van der Waals surface area contributed by atoms with Crippen molar-refractivity contribution < 1.29 is 60.6 Å². The van der Waals surface area contributed by atoms with Crippen LogP contribution in [-0.2, 0) is 31.6 Å². The van der Waals surface area contributed by atoms with Crippen LogP contribution in [0.25, 0.3) is 11.2 Å². The van der Waals surface area contributed by atoms with E-state index >= 15 is 0 Å². The Bertz CT molecular complexity index is 1130. The summed E-state index contributed by atoms with van der Waals surface area (Å²) in [6, 6.07) is 0. The van der Waals surface area contributed by atoms with E-state index < -0.39 is 54.7 Å². The second kappa shape index (κ2) is 9.10. The first kappa shape index (κ1) is 25.2. The van der Waals surface area contributed by atoms with Crippen molar-refractivity contribution in [2.24, 2.45) is 0 Å². The zero-order valence-electron chi connectivity index (χ0n) is 15.8. The van der Waals surface area contributed by atoms with E-state index in [4.69, 9.17) is 19.4 Å². The molecule has 6 atom stereocenters. The maximum Gasteiger partial charge on any atom is 0.490 e. The summed E-state index contributed by atoms with van der Waals surface area (Å²) >= 11 is 0. The van der Waals surface area contributed by atoms with Crippen LogP contribution in [0.1, 0.15) is 6.23 Å². The second-order valence-corrected chi connectivity index (χ2v) is 10.6. The van der Waals surface area contributed by atoms with Gasteiger partial charge in [0.15, 0.2) is 23.9 Å². The highest BCUT2D eigenvalue weighted by molar-refractivity contribution is 7.66. The van der Waals surface area contributed by atoms with Gasteiger partial charge in [-0.15, -0.1) is 0 Å². The number of aliphatic hydroxyl groups excluding tert-OH is 1. The van der Waals surface area contributed by atoms with Crippen molar-refractivity contribution in [1.82, 2.24) is 19.5 Å². The molecule has 1 aliphatic heterocycles. The lowest BCUT2D eigenvalue weighted by molar-refractivity contribution is -0.0450. The monoisotopic (exact) mass is 523 g/mol.